The van der Waals surface area contributed by atoms with E-state index < -0.39 is 73.2 Å². The molecule has 1 heterocycles. The molecule has 1 aliphatic heterocycles. The molecular weight excluding hydrogens is 683 g/mol. The van der Waals surface area contributed by atoms with Crippen LogP contribution in [0, 0.1) is 23.2 Å². The molecule has 0 spiro atoms. The summed E-state index contributed by atoms with van der Waals surface area (Å²) in [6.07, 6.45) is 7.25. The van der Waals surface area contributed by atoms with E-state index in [2.05, 4.69) is 16.0 Å². The van der Waals surface area contributed by atoms with Crippen LogP contribution < -0.4 is 21.7 Å². The highest BCUT2D eigenvalue weighted by Gasteiger charge is 2.51. The second-order valence-electron chi connectivity index (χ2n) is 17.9. The van der Waals surface area contributed by atoms with Crippen molar-refractivity contribution in [1.29, 1.82) is 0 Å². The number of Topliss-reactive ketones (excluding diaryl/α,β-unsaturated/α-hetero) is 1. The van der Waals surface area contributed by atoms with Crippen molar-refractivity contribution < 1.29 is 32.4 Å². The van der Waals surface area contributed by atoms with Crippen molar-refractivity contribution in [2.45, 2.75) is 141 Å². The molecule has 2 saturated carbocycles. The summed E-state index contributed by atoms with van der Waals surface area (Å²) in [7, 11) is -3.59. The first kappa shape index (κ1) is 39.7. The normalized spacial score (nSPS) is 23.3. The van der Waals surface area contributed by atoms with Crippen LogP contribution in [0.1, 0.15) is 110 Å². The summed E-state index contributed by atoms with van der Waals surface area (Å²) in [6.45, 7) is 11.3. The summed E-state index contributed by atoms with van der Waals surface area (Å²) in [4.78, 5) is 69.6. The van der Waals surface area contributed by atoms with Crippen LogP contribution in [0.3, 0.4) is 0 Å². The van der Waals surface area contributed by atoms with Gasteiger partial charge in [0.15, 0.2) is 9.84 Å². The molecule has 1 aromatic carbocycles. The molecule has 0 bridgehead atoms. The second-order valence-corrected chi connectivity index (χ2v) is 20.7. The lowest BCUT2D eigenvalue weighted by atomic mass is 9.76. The van der Waals surface area contributed by atoms with Gasteiger partial charge in [0.25, 0.3) is 5.91 Å². The number of carbonyl (C=O) groups is 5. The molecular formula is C39H59N5O7S. The molecule has 0 aromatic heterocycles. The molecule has 1 saturated heterocycles. The summed E-state index contributed by atoms with van der Waals surface area (Å²) >= 11 is 0. The van der Waals surface area contributed by atoms with E-state index in [1.807, 2.05) is 45.0 Å². The lowest BCUT2D eigenvalue weighted by molar-refractivity contribution is -0.144. The minimum Gasteiger partial charge on any atom is -0.363 e. The summed E-state index contributed by atoms with van der Waals surface area (Å²) in [5.41, 5.74) is 6.18. The maximum Gasteiger partial charge on any atom is 0.315 e. The number of nitrogens with one attached hydrogen (secondary N) is 3. The minimum absolute atomic E-state index is 0.196. The van der Waals surface area contributed by atoms with Gasteiger partial charge in [0.2, 0.25) is 17.6 Å². The number of benzene rings is 1. The number of nitrogens with zero attached hydrogens (tertiary/aromatic N) is 1. The van der Waals surface area contributed by atoms with Gasteiger partial charge in [-0.25, -0.2) is 13.2 Å². The van der Waals surface area contributed by atoms with Crippen LogP contribution in [0.4, 0.5) is 4.79 Å². The number of sulfone groups is 1. The predicted molar refractivity (Wildman–Crippen MR) is 199 cm³/mol. The second kappa shape index (κ2) is 15.1. The first-order valence-electron chi connectivity index (χ1n) is 19.0. The van der Waals surface area contributed by atoms with Gasteiger partial charge in [-0.1, -0.05) is 77.1 Å². The highest BCUT2D eigenvalue weighted by atomic mass is 32.2. The number of fused-ring (bicyclic) bond motifs is 1. The van der Waals surface area contributed by atoms with E-state index in [0.29, 0.717) is 38.5 Å². The van der Waals surface area contributed by atoms with Gasteiger partial charge in [-0.15, -0.1) is 0 Å². The Morgan fingerprint density at radius 1 is 0.904 bits per heavy atom. The van der Waals surface area contributed by atoms with Crippen molar-refractivity contribution in [3.63, 3.8) is 0 Å². The number of urea groups is 1. The molecule has 5 rings (SSSR count). The summed E-state index contributed by atoms with van der Waals surface area (Å²) < 4.78 is 25.9. The first-order chi connectivity index (χ1) is 24.2. The van der Waals surface area contributed by atoms with E-state index in [1.54, 1.807) is 25.7 Å². The molecule has 4 atom stereocenters. The third kappa shape index (κ3) is 8.99. The molecule has 3 fully saturated rings. The topological polar surface area (TPSA) is 185 Å². The van der Waals surface area contributed by atoms with Crippen molar-refractivity contribution >= 4 is 39.4 Å². The Hall–Kier alpha value is -3.48. The number of ketones is 1. The highest BCUT2D eigenvalue weighted by Crippen LogP contribution is 2.41. The lowest BCUT2D eigenvalue weighted by Crippen LogP contribution is -2.63. The van der Waals surface area contributed by atoms with Crippen molar-refractivity contribution in [2.24, 2.45) is 28.9 Å². The average Bonchev–Trinajstić information content (AvgIpc) is 3.56. The van der Waals surface area contributed by atoms with Crippen molar-refractivity contribution in [3.05, 3.63) is 35.4 Å². The predicted octanol–water partition coefficient (Wildman–Crippen LogP) is 3.59. The Kier molecular flexibility index (Phi) is 11.5. The smallest absolute Gasteiger partial charge is 0.315 e. The van der Waals surface area contributed by atoms with Crippen LogP contribution in [0.25, 0.3) is 0 Å². The van der Waals surface area contributed by atoms with Crippen molar-refractivity contribution in [1.82, 2.24) is 20.9 Å². The Labute approximate surface area is 309 Å². The SMILES string of the molecule is CC(C)(C)C1CCN(C(=O)[C@@H](NC(=O)NC2(CS(=O)(=O)C(C)(C)C)CCCCC2)C2Cc3ccccc3C2)[C@@H]1C(=O)NC(CC1CC1)C(=O)C(N)=O. The van der Waals surface area contributed by atoms with Gasteiger partial charge < -0.3 is 26.6 Å². The average molecular weight is 742 g/mol. The Morgan fingerprint density at radius 3 is 2.02 bits per heavy atom. The van der Waals surface area contributed by atoms with Gasteiger partial charge in [-0.05, 0) is 93.6 Å². The molecule has 13 heteroatoms. The van der Waals surface area contributed by atoms with Crippen LogP contribution in [-0.4, -0.2) is 83.6 Å². The molecule has 3 aliphatic carbocycles. The molecule has 5 N–H and O–H groups in total. The lowest BCUT2D eigenvalue weighted by Gasteiger charge is -2.40. The van der Waals surface area contributed by atoms with Gasteiger partial charge in [0.1, 0.15) is 12.1 Å². The standard InChI is InChI=1S/C39H59N5O7S/c1-37(2,3)28-16-19-44(31(28)34(47)41-29(20-24-14-15-24)32(45)33(40)46)35(48)30(27-21-25-12-8-9-13-26(25)22-27)42-36(49)43-39(17-10-7-11-18-39)23-52(50,51)38(4,5)6/h8-9,12-13,24,27-31H,7,10-11,14-23H2,1-6H3,(H2,40,46)(H,41,47)(H2,42,43,49)/t28?,29?,30-,31-/m0/s1. The first-order valence-corrected chi connectivity index (χ1v) is 20.7. The van der Waals surface area contributed by atoms with E-state index in [9.17, 15) is 32.4 Å². The van der Waals surface area contributed by atoms with Crippen LogP contribution in [0.15, 0.2) is 24.3 Å². The molecule has 4 aliphatic rings. The Bertz CT molecular complexity index is 1630. The molecule has 2 unspecified atom stereocenters. The van der Waals surface area contributed by atoms with Gasteiger partial charge in [0, 0.05) is 6.54 Å². The molecule has 12 nitrogen and oxygen atoms in total. The van der Waals surface area contributed by atoms with E-state index in [1.165, 1.54) is 0 Å². The van der Waals surface area contributed by atoms with E-state index in [4.69, 9.17) is 5.73 Å². The number of rotatable bonds is 12. The quantitative estimate of drug-likeness (QED) is 0.236. The largest absolute Gasteiger partial charge is 0.363 e. The third-order valence-corrected chi connectivity index (χ3v) is 14.7. The minimum atomic E-state index is -3.59. The number of nitrogens with two attached hydrogens (primary N) is 1. The van der Waals surface area contributed by atoms with Crippen LogP contribution in [0.5, 0.6) is 0 Å². The van der Waals surface area contributed by atoms with Gasteiger partial charge in [0.05, 0.1) is 22.1 Å². The van der Waals surface area contributed by atoms with E-state index in [0.717, 1.165) is 43.2 Å². The zero-order chi connectivity index (χ0) is 38.2. The van der Waals surface area contributed by atoms with E-state index in [-0.39, 0.29) is 30.1 Å². The van der Waals surface area contributed by atoms with Crippen LogP contribution in [-0.2, 0) is 41.9 Å². The van der Waals surface area contributed by atoms with E-state index >= 15 is 0 Å². The molecule has 288 valence electrons. The van der Waals surface area contributed by atoms with Gasteiger partial charge >= 0.3 is 6.03 Å². The van der Waals surface area contributed by atoms with Crippen LogP contribution in [0.2, 0.25) is 0 Å². The molecule has 1 aromatic rings. The van der Waals surface area contributed by atoms with Crippen molar-refractivity contribution in [2.75, 3.05) is 12.3 Å². The Balaban J connectivity index is 1.44. The Morgan fingerprint density at radius 2 is 1.50 bits per heavy atom. The summed E-state index contributed by atoms with van der Waals surface area (Å²) in [5, 5.41) is 8.88. The fraction of sp³-hybridized carbons (Fsp3) is 0.718. The highest BCUT2D eigenvalue weighted by molar-refractivity contribution is 7.92. The number of likely N-dealkylation sites (tertiary alicyclic amines) is 1. The number of amides is 5. The zero-order valence-corrected chi connectivity index (χ0v) is 32.6. The van der Waals surface area contributed by atoms with Gasteiger partial charge in [-0.2, -0.15) is 0 Å². The van der Waals surface area contributed by atoms with Gasteiger partial charge in [-0.3, -0.25) is 19.2 Å². The molecule has 52 heavy (non-hydrogen) atoms. The maximum absolute atomic E-state index is 14.9. The maximum atomic E-state index is 14.9. The van der Waals surface area contributed by atoms with Crippen molar-refractivity contribution in [3.8, 4) is 0 Å². The molecule has 5 amide bonds. The monoisotopic (exact) mass is 741 g/mol. The number of primary amides is 1. The summed E-state index contributed by atoms with van der Waals surface area (Å²) in [5.74, 6) is -3.45. The fourth-order valence-electron chi connectivity index (χ4n) is 8.54. The number of carbonyl (C=O) groups excluding carboxylic acids is 5. The third-order valence-electron chi connectivity index (χ3n) is 11.9. The fourth-order valence-corrected chi connectivity index (χ4v) is 10.1. The molecule has 0 radical (unpaired) electrons. The number of hydrogen-bond donors (Lipinski definition) is 4. The van der Waals surface area contributed by atoms with Crippen LogP contribution >= 0.6 is 0 Å². The summed E-state index contributed by atoms with van der Waals surface area (Å²) in [6, 6.07) is 4.27. The number of hydrogen-bond acceptors (Lipinski definition) is 7. The zero-order valence-electron chi connectivity index (χ0n) is 31.8.